The summed E-state index contributed by atoms with van der Waals surface area (Å²) in [4.78, 5) is 24.2. The summed E-state index contributed by atoms with van der Waals surface area (Å²) in [6, 6.07) is 0.881. The molecule has 3 N–H and O–H groups in total. The van der Waals surface area contributed by atoms with Crippen LogP contribution in [0.5, 0.6) is 0 Å². The summed E-state index contributed by atoms with van der Waals surface area (Å²) in [6.45, 7) is -1.38. The molecule has 2 rings (SSSR count). The summed E-state index contributed by atoms with van der Waals surface area (Å²) in [5.41, 5.74) is -4.73. The number of hydrogen-bond acceptors (Lipinski definition) is 5. The van der Waals surface area contributed by atoms with Crippen molar-refractivity contribution in [3.8, 4) is 0 Å². The van der Waals surface area contributed by atoms with E-state index in [1.165, 1.54) is 0 Å². The average molecular weight is 296 g/mol. The van der Waals surface area contributed by atoms with Crippen LogP contribution in [0.3, 0.4) is 0 Å². The average Bonchev–Trinajstić information content (AvgIpc) is 2.64. The highest BCUT2D eigenvalue weighted by atomic mass is 19.3. The normalized spacial score (nSPS) is 33.8. The maximum atomic E-state index is 13.8. The number of ether oxygens (including phenoxy) is 1. The summed E-state index contributed by atoms with van der Waals surface area (Å²) in [5, 5.41) is 18.6. The molecule has 1 aliphatic rings. The molecular formula is C10H11F3N2O5. The van der Waals surface area contributed by atoms with Crippen molar-refractivity contribution < 1.29 is 28.1 Å². The molecule has 10 heteroatoms. The van der Waals surface area contributed by atoms with Crippen molar-refractivity contribution in [2.75, 3.05) is 6.61 Å². The van der Waals surface area contributed by atoms with Crippen LogP contribution < -0.4 is 11.2 Å². The van der Waals surface area contributed by atoms with Crippen molar-refractivity contribution in [3.05, 3.63) is 33.1 Å². The van der Waals surface area contributed by atoms with Gasteiger partial charge in [-0.05, 0) is 0 Å². The molecule has 2 unspecified atom stereocenters. The van der Waals surface area contributed by atoms with Crippen LogP contribution >= 0.6 is 0 Å². The zero-order chi connectivity index (χ0) is 15.1. The Morgan fingerprint density at radius 1 is 1.50 bits per heavy atom. The molecule has 1 fully saturated rings. The monoisotopic (exact) mass is 296 g/mol. The van der Waals surface area contributed by atoms with Crippen LogP contribution in [0.2, 0.25) is 0 Å². The molecule has 112 valence electrons. The van der Waals surface area contributed by atoms with Gasteiger partial charge >= 0.3 is 5.69 Å². The Morgan fingerprint density at radius 3 is 2.60 bits per heavy atom. The van der Waals surface area contributed by atoms with Crippen LogP contribution in [0.25, 0.3) is 0 Å². The highest BCUT2D eigenvalue weighted by Crippen LogP contribution is 2.41. The third-order valence-electron chi connectivity index (χ3n) is 3.14. The zero-order valence-electron chi connectivity index (χ0n) is 9.87. The standard InChI is InChI=1S/C10H11F3N2O5/c11-6-5(18)7(20-10(6,3-16)8(12)13)15-2-1-4(17)14-9(15)19/h1-2,5-8,16,18H,3H2,(H,14,17,19)/t5?,6?,7-,10-/m0/s1. The molecule has 1 saturated heterocycles. The van der Waals surface area contributed by atoms with Crippen LogP contribution in [0.4, 0.5) is 13.2 Å². The van der Waals surface area contributed by atoms with E-state index in [-0.39, 0.29) is 0 Å². The molecule has 1 aromatic rings. The van der Waals surface area contributed by atoms with Gasteiger partial charge in [-0.3, -0.25) is 14.3 Å². The molecule has 1 aliphatic heterocycles. The molecule has 0 aromatic carbocycles. The maximum absolute atomic E-state index is 13.8. The Labute approximate surface area is 109 Å². The molecule has 7 nitrogen and oxygen atoms in total. The molecule has 0 amide bonds. The Morgan fingerprint density at radius 2 is 2.15 bits per heavy atom. The van der Waals surface area contributed by atoms with E-state index in [2.05, 4.69) is 0 Å². The lowest BCUT2D eigenvalue weighted by molar-refractivity contribution is -0.186. The topological polar surface area (TPSA) is 105 Å². The number of alkyl halides is 3. The van der Waals surface area contributed by atoms with Gasteiger partial charge in [-0.15, -0.1) is 0 Å². The number of H-pyrrole nitrogens is 1. The lowest BCUT2D eigenvalue weighted by Crippen LogP contribution is -2.50. The Hall–Kier alpha value is -1.65. The summed E-state index contributed by atoms with van der Waals surface area (Å²) < 4.78 is 44.9. The van der Waals surface area contributed by atoms with Crippen molar-refractivity contribution in [3.63, 3.8) is 0 Å². The zero-order valence-corrected chi connectivity index (χ0v) is 9.87. The first-order valence-electron chi connectivity index (χ1n) is 5.54. The lowest BCUT2D eigenvalue weighted by Gasteiger charge is -2.27. The minimum atomic E-state index is -3.42. The fraction of sp³-hybridized carbons (Fsp3) is 0.600. The Bertz CT molecular complexity index is 603. The fourth-order valence-electron chi connectivity index (χ4n) is 2.01. The second-order valence-electron chi connectivity index (χ2n) is 4.33. The fourth-order valence-corrected chi connectivity index (χ4v) is 2.01. The van der Waals surface area contributed by atoms with Gasteiger partial charge in [0.1, 0.15) is 6.10 Å². The van der Waals surface area contributed by atoms with Gasteiger partial charge in [-0.1, -0.05) is 0 Å². The second kappa shape index (κ2) is 5.04. The van der Waals surface area contributed by atoms with Gasteiger partial charge in [0.05, 0.1) is 6.61 Å². The Balaban J connectivity index is 2.45. The summed E-state index contributed by atoms with van der Waals surface area (Å²) in [5.74, 6) is 0. The van der Waals surface area contributed by atoms with Gasteiger partial charge in [0.15, 0.2) is 18.0 Å². The maximum Gasteiger partial charge on any atom is 0.330 e. The number of nitrogens with one attached hydrogen (secondary N) is 1. The first-order valence-corrected chi connectivity index (χ1v) is 5.54. The summed E-state index contributed by atoms with van der Waals surface area (Å²) in [7, 11) is 0. The van der Waals surface area contributed by atoms with Gasteiger partial charge in [-0.25, -0.2) is 18.0 Å². The third-order valence-corrected chi connectivity index (χ3v) is 3.14. The highest BCUT2D eigenvalue weighted by Gasteiger charge is 2.61. The van der Waals surface area contributed by atoms with E-state index >= 15 is 0 Å². The Kier molecular flexibility index (Phi) is 3.71. The number of aliphatic hydroxyl groups excluding tert-OH is 2. The molecule has 0 saturated carbocycles. The van der Waals surface area contributed by atoms with Crippen LogP contribution in [-0.4, -0.2) is 50.7 Å². The van der Waals surface area contributed by atoms with Crippen molar-refractivity contribution in [1.82, 2.24) is 9.55 Å². The number of aliphatic hydroxyl groups is 2. The summed E-state index contributed by atoms with van der Waals surface area (Å²) in [6.07, 6.45) is -9.02. The highest BCUT2D eigenvalue weighted by molar-refractivity contribution is 5.03. The first-order chi connectivity index (χ1) is 9.33. The van der Waals surface area contributed by atoms with Gasteiger partial charge in [0.2, 0.25) is 0 Å². The number of aromatic nitrogens is 2. The molecule has 2 heterocycles. The van der Waals surface area contributed by atoms with Crippen LogP contribution in [0, 0.1) is 0 Å². The minimum absolute atomic E-state index is 0.568. The number of aromatic amines is 1. The van der Waals surface area contributed by atoms with Gasteiger partial charge in [0, 0.05) is 12.3 Å². The van der Waals surface area contributed by atoms with E-state index in [1.807, 2.05) is 4.98 Å². The minimum Gasteiger partial charge on any atom is -0.393 e. The molecule has 0 aliphatic carbocycles. The van der Waals surface area contributed by atoms with Crippen molar-refractivity contribution in [2.45, 2.75) is 30.5 Å². The largest absolute Gasteiger partial charge is 0.393 e. The predicted octanol–water partition coefficient (Wildman–Crippen LogP) is -1.24. The molecule has 20 heavy (non-hydrogen) atoms. The molecular weight excluding hydrogens is 285 g/mol. The van der Waals surface area contributed by atoms with Crippen LogP contribution in [-0.2, 0) is 4.74 Å². The van der Waals surface area contributed by atoms with Gasteiger partial charge < -0.3 is 14.9 Å². The van der Waals surface area contributed by atoms with Crippen molar-refractivity contribution in [2.24, 2.45) is 0 Å². The number of hydrogen-bond donors (Lipinski definition) is 3. The van der Waals surface area contributed by atoms with Crippen LogP contribution in [0.15, 0.2) is 21.9 Å². The van der Waals surface area contributed by atoms with E-state index in [0.717, 1.165) is 12.3 Å². The third kappa shape index (κ3) is 2.05. The number of halogens is 3. The van der Waals surface area contributed by atoms with E-state index in [0.29, 0.717) is 4.57 Å². The van der Waals surface area contributed by atoms with E-state index in [1.54, 1.807) is 0 Å². The number of nitrogens with zero attached hydrogens (tertiary/aromatic N) is 1. The molecule has 1 aromatic heterocycles. The second-order valence-corrected chi connectivity index (χ2v) is 4.33. The number of rotatable bonds is 3. The quantitative estimate of drug-likeness (QED) is 0.647. The lowest BCUT2D eigenvalue weighted by atomic mass is 9.98. The van der Waals surface area contributed by atoms with Crippen LogP contribution in [0.1, 0.15) is 6.23 Å². The first kappa shape index (κ1) is 14.8. The summed E-state index contributed by atoms with van der Waals surface area (Å²) >= 11 is 0. The molecule has 4 atom stereocenters. The van der Waals surface area contributed by atoms with Crippen molar-refractivity contribution in [1.29, 1.82) is 0 Å². The van der Waals surface area contributed by atoms with Crippen molar-refractivity contribution >= 4 is 0 Å². The van der Waals surface area contributed by atoms with E-state index < -0.39 is 48.4 Å². The molecule has 0 radical (unpaired) electrons. The molecule has 0 spiro atoms. The van der Waals surface area contributed by atoms with E-state index in [4.69, 9.17) is 9.84 Å². The predicted molar refractivity (Wildman–Crippen MR) is 58.2 cm³/mol. The smallest absolute Gasteiger partial charge is 0.330 e. The van der Waals surface area contributed by atoms with Gasteiger partial charge in [-0.2, -0.15) is 0 Å². The molecule has 0 bridgehead atoms. The van der Waals surface area contributed by atoms with Gasteiger partial charge in [0.25, 0.3) is 12.0 Å². The van der Waals surface area contributed by atoms with E-state index in [9.17, 15) is 27.9 Å². The SMILES string of the molecule is O=c1ccn([C@H]2O[C@](CO)(C(F)F)C(F)C2O)c(=O)[nH]1.